The number of carboxylic acids is 1. The third-order valence-electron chi connectivity index (χ3n) is 4.93. The van der Waals surface area contributed by atoms with Crippen molar-refractivity contribution in [3.8, 4) is 11.5 Å². The van der Waals surface area contributed by atoms with Gasteiger partial charge in [0, 0.05) is 28.8 Å². The molecular formula is C25H19BrN2O4. The summed E-state index contributed by atoms with van der Waals surface area (Å²) in [5.74, 6) is -0.570. The van der Waals surface area contributed by atoms with E-state index in [1.165, 1.54) is 6.08 Å². The van der Waals surface area contributed by atoms with Gasteiger partial charge >= 0.3 is 5.97 Å². The molecule has 0 fully saturated rings. The van der Waals surface area contributed by atoms with Gasteiger partial charge in [-0.05, 0) is 65.7 Å². The molecule has 0 atom stereocenters. The zero-order valence-corrected chi connectivity index (χ0v) is 18.7. The van der Waals surface area contributed by atoms with Crippen LogP contribution in [0.1, 0.15) is 11.1 Å². The van der Waals surface area contributed by atoms with Crippen molar-refractivity contribution in [3.63, 3.8) is 0 Å². The standard InChI is InChI=1S/C25H19BrN2O4/c1-28(20-10-8-19(26)9-11-20)23(29)13-5-16-2-6-18(7-3-16)25-27-21-14-17(15-24(30)31)4-12-22(21)32-25/h2-14H,15H2,1H3,(H,30,31)/b13-5-. The van der Waals surface area contributed by atoms with Gasteiger partial charge in [0.05, 0.1) is 6.42 Å². The van der Waals surface area contributed by atoms with Crippen LogP contribution in [0.3, 0.4) is 0 Å². The number of amides is 1. The maximum atomic E-state index is 12.4. The number of hydrogen-bond acceptors (Lipinski definition) is 4. The number of halogens is 1. The van der Waals surface area contributed by atoms with E-state index in [9.17, 15) is 9.59 Å². The summed E-state index contributed by atoms with van der Waals surface area (Å²) in [5.41, 5.74) is 4.34. The minimum Gasteiger partial charge on any atom is -0.481 e. The van der Waals surface area contributed by atoms with E-state index in [1.807, 2.05) is 48.5 Å². The van der Waals surface area contributed by atoms with Gasteiger partial charge in [0.2, 0.25) is 5.89 Å². The van der Waals surface area contributed by atoms with Gasteiger partial charge in [-0.2, -0.15) is 0 Å². The number of carboxylic acid groups (broad SMARTS) is 1. The van der Waals surface area contributed by atoms with E-state index in [0.29, 0.717) is 22.6 Å². The first-order valence-corrected chi connectivity index (χ1v) is 10.6. The fourth-order valence-corrected chi connectivity index (χ4v) is 3.45. The number of nitrogens with zero attached hydrogens (tertiary/aromatic N) is 2. The van der Waals surface area contributed by atoms with E-state index >= 15 is 0 Å². The van der Waals surface area contributed by atoms with Gasteiger partial charge in [-0.1, -0.05) is 34.1 Å². The number of carbonyl (C=O) groups is 2. The summed E-state index contributed by atoms with van der Waals surface area (Å²) in [7, 11) is 1.73. The molecule has 0 spiro atoms. The highest BCUT2D eigenvalue weighted by molar-refractivity contribution is 9.10. The first-order valence-electron chi connectivity index (χ1n) is 9.82. The molecule has 0 aliphatic rings. The van der Waals surface area contributed by atoms with Gasteiger partial charge in [0.1, 0.15) is 5.52 Å². The van der Waals surface area contributed by atoms with Crippen LogP contribution in [0.4, 0.5) is 5.69 Å². The molecule has 0 radical (unpaired) electrons. The normalized spacial score (nSPS) is 11.2. The van der Waals surface area contributed by atoms with Crippen LogP contribution in [0.5, 0.6) is 0 Å². The van der Waals surface area contributed by atoms with E-state index in [2.05, 4.69) is 20.9 Å². The first kappa shape index (κ1) is 21.5. The highest BCUT2D eigenvalue weighted by Gasteiger charge is 2.11. The van der Waals surface area contributed by atoms with Crippen LogP contribution in [-0.2, 0) is 16.0 Å². The van der Waals surface area contributed by atoms with Crippen LogP contribution in [-0.4, -0.2) is 29.0 Å². The van der Waals surface area contributed by atoms with Crippen LogP contribution in [0.25, 0.3) is 28.6 Å². The Morgan fingerprint density at radius 3 is 2.47 bits per heavy atom. The van der Waals surface area contributed by atoms with Crippen LogP contribution in [0.2, 0.25) is 0 Å². The molecule has 1 aromatic heterocycles. The van der Waals surface area contributed by atoms with Crippen molar-refractivity contribution in [1.29, 1.82) is 0 Å². The predicted molar refractivity (Wildman–Crippen MR) is 127 cm³/mol. The molecule has 1 N–H and O–H groups in total. The largest absolute Gasteiger partial charge is 0.481 e. The molecule has 0 unspecified atom stereocenters. The average molecular weight is 491 g/mol. The van der Waals surface area contributed by atoms with Crippen molar-refractivity contribution < 1.29 is 19.1 Å². The SMILES string of the molecule is CN(C(=O)/C=C\c1ccc(-c2nc3cc(CC(=O)O)ccc3o2)cc1)c1ccc(Br)cc1. The number of carbonyl (C=O) groups excluding carboxylic acids is 1. The zero-order valence-electron chi connectivity index (χ0n) is 17.2. The number of rotatable bonds is 6. The zero-order chi connectivity index (χ0) is 22.7. The number of likely N-dealkylation sites (N-methyl/N-ethyl adjacent to an activating group) is 1. The summed E-state index contributed by atoms with van der Waals surface area (Å²) in [4.78, 5) is 29.4. The third kappa shape index (κ3) is 4.95. The molecule has 1 heterocycles. The summed E-state index contributed by atoms with van der Waals surface area (Å²) in [6.45, 7) is 0. The number of aromatic nitrogens is 1. The van der Waals surface area contributed by atoms with E-state index in [4.69, 9.17) is 9.52 Å². The number of anilines is 1. The third-order valence-corrected chi connectivity index (χ3v) is 5.46. The lowest BCUT2D eigenvalue weighted by Crippen LogP contribution is -2.23. The number of benzene rings is 3. The molecule has 160 valence electrons. The van der Waals surface area contributed by atoms with Crippen LogP contribution < -0.4 is 4.90 Å². The number of hydrogen-bond donors (Lipinski definition) is 1. The Morgan fingerprint density at radius 1 is 1.06 bits per heavy atom. The predicted octanol–water partition coefficient (Wildman–Crippen LogP) is 5.56. The lowest BCUT2D eigenvalue weighted by atomic mass is 10.1. The maximum Gasteiger partial charge on any atom is 0.307 e. The fraction of sp³-hybridized carbons (Fsp3) is 0.0800. The molecular weight excluding hydrogens is 472 g/mol. The molecule has 7 heteroatoms. The first-order chi connectivity index (χ1) is 15.4. The van der Waals surface area contributed by atoms with Gasteiger partial charge < -0.3 is 14.4 Å². The summed E-state index contributed by atoms with van der Waals surface area (Å²) >= 11 is 3.39. The van der Waals surface area contributed by atoms with Crippen molar-refractivity contribution >= 4 is 50.7 Å². The molecule has 32 heavy (non-hydrogen) atoms. The van der Waals surface area contributed by atoms with Crippen LogP contribution in [0.15, 0.2) is 81.7 Å². The summed E-state index contributed by atoms with van der Waals surface area (Å²) in [5, 5.41) is 8.95. The van der Waals surface area contributed by atoms with Crippen molar-refractivity contribution in [2.24, 2.45) is 0 Å². The Hall–Kier alpha value is -3.71. The molecule has 0 aliphatic heterocycles. The molecule has 0 saturated heterocycles. The van der Waals surface area contributed by atoms with Crippen molar-refractivity contribution in [2.75, 3.05) is 11.9 Å². The highest BCUT2D eigenvalue weighted by Crippen LogP contribution is 2.26. The van der Waals surface area contributed by atoms with Crippen molar-refractivity contribution in [2.45, 2.75) is 6.42 Å². The van der Waals surface area contributed by atoms with E-state index in [0.717, 1.165) is 21.3 Å². The molecule has 4 rings (SSSR count). The molecule has 0 bridgehead atoms. The van der Waals surface area contributed by atoms with Gasteiger partial charge in [-0.3, -0.25) is 9.59 Å². The second kappa shape index (κ2) is 9.20. The second-order valence-corrected chi connectivity index (χ2v) is 8.14. The molecule has 3 aromatic carbocycles. The minimum atomic E-state index is -0.891. The van der Waals surface area contributed by atoms with Gasteiger partial charge in [0.25, 0.3) is 5.91 Å². The van der Waals surface area contributed by atoms with E-state index < -0.39 is 5.97 Å². The monoisotopic (exact) mass is 490 g/mol. The maximum absolute atomic E-state index is 12.4. The Labute approximate surface area is 192 Å². The molecule has 6 nitrogen and oxygen atoms in total. The summed E-state index contributed by atoms with van der Waals surface area (Å²) in [6, 6.07) is 20.2. The highest BCUT2D eigenvalue weighted by atomic mass is 79.9. The lowest BCUT2D eigenvalue weighted by Gasteiger charge is -2.15. The minimum absolute atomic E-state index is 0.0606. The summed E-state index contributed by atoms with van der Waals surface area (Å²) < 4.78 is 6.76. The van der Waals surface area contributed by atoms with Crippen LogP contribution in [0, 0.1) is 0 Å². The fourth-order valence-electron chi connectivity index (χ4n) is 3.19. The molecule has 0 aliphatic carbocycles. The quantitative estimate of drug-likeness (QED) is 0.357. The molecule has 0 saturated carbocycles. The molecule has 1 amide bonds. The van der Waals surface area contributed by atoms with Crippen molar-refractivity contribution in [1.82, 2.24) is 4.98 Å². The summed E-state index contributed by atoms with van der Waals surface area (Å²) in [6.07, 6.45) is 3.22. The van der Waals surface area contributed by atoms with Gasteiger partial charge in [-0.15, -0.1) is 0 Å². The van der Waals surface area contributed by atoms with Crippen LogP contribution >= 0.6 is 15.9 Å². The average Bonchev–Trinajstić information content (AvgIpc) is 3.21. The van der Waals surface area contributed by atoms with Crippen molar-refractivity contribution in [3.05, 3.63) is 88.4 Å². The van der Waals surface area contributed by atoms with E-state index in [1.54, 1.807) is 36.2 Å². The topological polar surface area (TPSA) is 83.6 Å². The lowest BCUT2D eigenvalue weighted by molar-refractivity contribution is -0.136. The molecule has 4 aromatic rings. The second-order valence-electron chi connectivity index (χ2n) is 7.22. The Balaban J connectivity index is 1.47. The Kier molecular flexibility index (Phi) is 6.18. The number of oxazole rings is 1. The Morgan fingerprint density at radius 2 is 1.78 bits per heavy atom. The van der Waals surface area contributed by atoms with Gasteiger partial charge in [0.15, 0.2) is 5.58 Å². The number of aliphatic carboxylic acids is 1. The smallest absolute Gasteiger partial charge is 0.307 e. The Bertz CT molecular complexity index is 1310. The van der Waals surface area contributed by atoms with E-state index in [-0.39, 0.29) is 12.3 Å². The van der Waals surface area contributed by atoms with Gasteiger partial charge in [-0.25, -0.2) is 4.98 Å². The number of fused-ring (bicyclic) bond motifs is 1.